The number of methoxy groups -OCH3 is 1. The summed E-state index contributed by atoms with van der Waals surface area (Å²) in [6.45, 7) is 7.53. The number of carbonyl (C=O) groups is 3. The molecule has 0 amide bonds. The summed E-state index contributed by atoms with van der Waals surface area (Å²) in [5.41, 5.74) is 4.11. The molecule has 2 aliphatic rings. The van der Waals surface area contributed by atoms with Crippen molar-refractivity contribution in [3.05, 3.63) is 76.1 Å². The number of ketones is 1. The van der Waals surface area contributed by atoms with Crippen molar-refractivity contribution in [2.24, 2.45) is 0 Å². The van der Waals surface area contributed by atoms with Gasteiger partial charge in [-0.3, -0.25) is 9.59 Å². The fourth-order valence-electron chi connectivity index (χ4n) is 5.24. The zero-order valence-electron chi connectivity index (χ0n) is 23.1. The van der Waals surface area contributed by atoms with Crippen LogP contribution in [0.5, 0.6) is 17.2 Å². The molecule has 2 atom stereocenters. The maximum atomic E-state index is 13.8. The number of Topliss-reactive ketones (excluding diaryl/α,β-unsaturated/α-hetero) is 1. The minimum Gasteiger partial charge on any atom is -0.497 e. The number of dihydropyridines is 1. The van der Waals surface area contributed by atoms with Crippen LogP contribution in [0.1, 0.15) is 69.9 Å². The highest BCUT2D eigenvalue weighted by Crippen LogP contribution is 2.47. The van der Waals surface area contributed by atoms with Crippen LogP contribution >= 0.6 is 0 Å². The summed E-state index contributed by atoms with van der Waals surface area (Å²) in [4.78, 5) is 38.8. The van der Waals surface area contributed by atoms with E-state index in [1.54, 1.807) is 25.3 Å². The van der Waals surface area contributed by atoms with E-state index in [0.717, 1.165) is 17.0 Å². The van der Waals surface area contributed by atoms with E-state index in [2.05, 4.69) is 5.32 Å². The molecular formula is C31H35NO7. The van der Waals surface area contributed by atoms with E-state index in [0.29, 0.717) is 54.0 Å². The Morgan fingerprint density at radius 3 is 2.36 bits per heavy atom. The maximum absolute atomic E-state index is 13.8. The average molecular weight is 534 g/mol. The van der Waals surface area contributed by atoms with Crippen LogP contribution in [-0.2, 0) is 19.1 Å². The highest BCUT2D eigenvalue weighted by Gasteiger charge is 2.41. The minimum atomic E-state index is -0.652. The highest BCUT2D eigenvalue weighted by molar-refractivity contribution is 6.04. The number of nitrogens with one attached hydrogen (secondary N) is 1. The van der Waals surface area contributed by atoms with Crippen LogP contribution in [-0.4, -0.2) is 38.0 Å². The predicted octanol–water partition coefficient (Wildman–Crippen LogP) is 5.33. The summed E-state index contributed by atoms with van der Waals surface area (Å²) in [5, 5.41) is 3.37. The molecule has 0 unspecified atom stereocenters. The summed E-state index contributed by atoms with van der Waals surface area (Å²) in [6, 6.07) is 12.9. The summed E-state index contributed by atoms with van der Waals surface area (Å²) < 4.78 is 21.9. The molecular weight excluding hydrogens is 498 g/mol. The van der Waals surface area contributed by atoms with Gasteiger partial charge >= 0.3 is 11.9 Å². The van der Waals surface area contributed by atoms with Crippen LogP contribution in [0.15, 0.2) is 65.0 Å². The van der Waals surface area contributed by atoms with Gasteiger partial charge in [0.2, 0.25) is 0 Å². The number of carbonyl (C=O) groups excluding carboxylic acids is 3. The smallest absolute Gasteiger partial charge is 0.336 e. The third-order valence-electron chi connectivity index (χ3n) is 6.93. The Hall–Kier alpha value is -4.07. The standard InChI is InChI=1S/C31H35NO7/c1-6-14-38-31(35)28-18(3)32-24-15-22(20-8-11-23(36-5)12-9-20)16-25(34)30(24)29(28)21-10-13-26(39-19(4)33)27(17-21)37-7-2/h8-13,17,22,29,32H,6-7,14-16H2,1-5H3/t22-,29-/m0/s1. The number of ether oxygens (including phenoxy) is 4. The van der Waals surface area contributed by atoms with Crippen LogP contribution in [0.3, 0.4) is 0 Å². The Balaban J connectivity index is 1.80. The number of hydrogen-bond acceptors (Lipinski definition) is 8. The predicted molar refractivity (Wildman–Crippen MR) is 146 cm³/mol. The van der Waals surface area contributed by atoms with Crippen molar-refractivity contribution in [1.82, 2.24) is 5.32 Å². The number of hydrogen-bond donors (Lipinski definition) is 1. The summed E-state index contributed by atoms with van der Waals surface area (Å²) in [6.07, 6.45) is 1.60. The van der Waals surface area contributed by atoms with Gasteiger partial charge in [0.05, 0.1) is 25.9 Å². The van der Waals surface area contributed by atoms with Gasteiger partial charge in [-0.05, 0) is 68.0 Å². The van der Waals surface area contributed by atoms with Crippen molar-refractivity contribution in [1.29, 1.82) is 0 Å². The SMILES string of the molecule is CCCOC(=O)C1=C(C)NC2=C(C(=O)C[C@@H](c3ccc(OC)cc3)C2)[C@H]1c1ccc(OC(C)=O)c(OCC)c1. The van der Waals surface area contributed by atoms with Crippen LogP contribution in [0.25, 0.3) is 0 Å². The molecule has 0 bridgehead atoms. The van der Waals surface area contributed by atoms with E-state index in [-0.39, 0.29) is 24.1 Å². The molecule has 8 heteroatoms. The molecule has 0 saturated heterocycles. The summed E-state index contributed by atoms with van der Waals surface area (Å²) >= 11 is 0. The van der Waals surface area contributed by atoms with Crippen molar-refractivity contribution < 1.29 is 33.3 Å². The fraction of sp³-hybridized carbons (Fsp3) is 0.387. The number of allylic oxidation sites excluding steroid dienone is 3. The molecule has 39 heavy (non-hydrogen) atoms. The van der Waals surface area contributed by atoms with Gasteiger partial charge in [0.15, 0.2) is 17.3 Å². The first-order chi connectivity index (χ1) is 18.8. The molecule has 1 heterocycles. The Bertz CT molecular complexity index is 1320. The third-order valence-corrected chi connectivity index (χ3v) is 6.93. The molecule has 206 valence electrons. The molecule has 2 aromatic rings. The van der Waals surface area contributed by atoms with Crippen LogP contribution in [0.2, 0.25) is 0 Å². The van der Waals surface area contributed by atoms with E-state index in [4.69, 9.17) is 18.9 Å². The van der Waals surface area contributed by atoms with Crippen LogP contribution < -0.4 is 19.5 Å². The molecule has 0 fully saturated rings. The summed E-state index contributed by atoms with van der Waals surface area (Å²) in [7, 11) is 1.62. The Morgan fingerprint density at radius 1 is 1.00 bits per heavy atom. The lowest BCUT2D eigenvalue weighted by molar-refractivity contribution is -0.139. The normalized spacial score (nSPS) is 18.7. The second-order valence-corrected chi connectivity index (χ2v) is 9.66. The van der Waals surface area contributed by atoms with Crippen LogP contribution in [0.4, 0.5) is 0 Å². The van der Waals surface area contributed by atoms with Gasteiger partial charge in [-0.15, -0.1) is 0 Å². The molecule has 0 saturated carbocycles. The first kappa shape index (κ1) is 28.0. The second-order valence-electron chi connectivity index (χ2n) is 9.66. The molecule has 0 radical (unpaired) electrons. The topological polar surface area (TPSA) is 100 Å². The Kier molecular flexibility index (Phi) is 8.74. The van der Waals surface area contributed by atoms with Gasteiger partial charge in [-0.1, -0.05) is 25.1 Å². The molecule has 0 spiro atoms. The number of benzene rings is 2. The molecule has 2 aromatic carbocycles. The van der Waals surface area contributed by atoms with Gasteiger partial charge in [-0.25, -0.2) is 4.79 Å². The fourth-order valence-corrected chi connectivity index (χ4v) is 5.24. The lowest BCUT2D eigenvalue weighted by atomic mass is 9.71. The number of esters is 2. The first-order valence-electron chi connectivity index (χ1n) is 13.3. The molecule has 1 aliphatic heterocycles. The van der Waals surface area contributed by atoms with E-state index in [1.165, 1.54) is 6.92 Å². The quantitative estimate of drug-likeness (QED) is 0.341. The second kappa shape index (κ2) is 12.2. The lowest BCUT2D eigenvalue weighted by Gasteiger charge is -2.37. The zero-order valence-corrected chi connectivity index (χ0v) is 23.1. The minimum absolute atomic E-state index is 0.0120. The van der Waals surface area contributed by atoms with Gasteiger partial charge in [0, 0.05) is 36.2 Å². The largest absolute Gasteiger partial charge is 0.497 e. The van der Waals surface area contributed by atoms with Gasteiger partial charge in [-0.2, -0.15) is 0 Å². The van der Waals surface area contributed by atoms with Crippen molar-refractivity contribution in [2.45, 2.75) is 58.8 Å². The average Bonchev–Trinajstić information content (AvgIpc) is 2.91. The van der Waals surface area contributed by atoms with E-state index >= 15 is 0 Å². The van der Waals surface area contributed by atoms with Crippen molar-refractivity contribution in [3.8, 4) is 17.2 Å². The van der Waals surface area contributed by atoms with Crippen molar-refractivity contribution in [3.63, 3.8) is 0 Å². The van der Waals surface area contributed by atoms with Crippen molar-refractivity contribution in [2.75, 3.05) is 20.3 Å². The van der Waals surface area contributed by atoms with Crippen LogP contribution in [0, 0.1) is 0 Å². The van der Waals surface area contributed by atoms with E-state index < -0.39 is 17.9 Å². The molecule has 1 aliphatic carbocycles. The first-order valence-corrected chi connectivity index (χ1v) is 13.3. The molecule has 8 nitrogen and oxygen atoms in total. The molecule has 1 N–H and O–H groups in total. The van der Waals surface area contributed by atoms with Gasteiger partial charge < -0.3 is 24.3 Å². The lowest BCUT2D eigenvalue weighted by Crippen LogP contribution is -2.36. The molecule has 0 aromatic heterocycles. The Labute approximate surface area is 229 Å². The number of rotatable bonds is 9. The van der Waals surface area contributed by atoms with Crippen molar-refractivity contribution >= 4 is 17.7 Å². The monoisotopic (exact) mass is 533 g/mol. The van der Waals surface area contributed by atoms with Gasteiger partial charge in [0.25, 0.3) is 0 Å². The maximum Gasteiger partial charge on any atom is 0.336 e. The Morgan fingerprint density at radius 2 is 1.72 bits per heavy atom. The molecule has 4 rings (SSSR count). The zero-order chi connectivity index (χ0) is 28.1. The third kappa shape index (κ3) is 6.00. The van der Waals surface area contributed by atoms with E-state index in [9.17, 15) is 14.4 Å². The van der Waals surface area contributed by atoms with Gasteiger partial charge in [0.1, 0.15) is 5.75 Å². The highest BCUT2D eigenvalue weighted by atomic mass is 16.6. The summed E-state index contributed by atoms with van der Waals surface area (Å²) in [5.74, 6) is -0.237. The van der Waals surface area contributed by atoms with E-state index in [1.807, 2.05) is 45.0 Å².